The molecule has 29 heavy (non-hydrogen) atoms. The highest BCUT2D eigenvalue weighted by molar-refractivity contribution is 6.35. The summed E-state index contributed by atoms with van der Waals surface area (Å²) in [6, 6.07) is 11.8. The smallest absolute Gasteiger partial charge is 0.182 e. The van der Waals surface area contributed by atoms with Crippen LogP contribution in [0.4, 0.5) is 5.82 Å². The number of benzene rings is 1. The summed E-state index contributed by atoms with van der Waals surface area (Å²) >= 11 is 6.41. The SMILES string of the molecule is Cc1cccnc1-c1nc2c(Cl)cccc2cc1CNc1ncnc2nc[nH]c12. The number of rotatable bonds is 4. The summed E-state index contributed by atoms with van der Waals surface area (Å²) in [6.07, 6.45) is 4.87. The Hall–Kier alpha value is -3.58. The molecule has 0 unspecified atom stereocenters. The Morgan fingerprint density at radius 2 is 1.97 bits per heavy atom. The molecule has 7 nitrogen and oxygen atoms in total. The fraction of sp³-hybridized carbons (Fsp3) is 0.0952. The summed E-state index contributed by atoms with van der Waals surface area (Å²) in [5.74, 6) is 0.683. The van der Waals surface area contributed by atoms with Crippen LogP contribution in [-0.2, 0) is 6.54 Å². The number of nitrogens with zero attached hydrogens (tertiary/aromatic N) is 5. The maximum Gasteiger partial charge on any atom is 0.182 e. The van der Waals surface area contributed by atoms with Crippen molar-refractivity contribution in [1.29, 1.82) is 0 Å². The molecule has 0 saturated carbocycles. The van der Waals surface area contributed by atoms with Crippen LogP contribution in [0.15, 0.2) is 55.2 Å². The third-order valence-electron chi connectivity index (χ3n) is 4.78. The highest BCUT2D eigenvalue weighted by atomic mass is 35.5. The van der Waals surface area contributed by atoms with Crippen LogP contribution in [0, 0.1) is 6.92 Å². The number of pyridine rings is 2. The van der Waals surface area contributed by atoms with Crippen LogP contribution in [0.5, 0.6) is 0 Å². The number of halogens is 1. The first-order valence-electron chi connectivity index (χ1n) is 9.09. The quantitative estimate of drug-likeness (QED) is 0.459. The molecule has 5 rings (SSSR count). The van der Waals surface area contributed by atoms with Gasteiger partial charge in [-0.15, -0.1) is 0 Å². The second kappa shape index (κ2) is 7.10. The van der Waals surface area contributed by atoms with Crippen molar-refractivity contribution in [2.45, 2.75) is 13.5 Å². The molecule has 0 spiro atoms. The lowest BCUT2D eigenvalue weighted by Gasteiger charge is -2.14. The summed E-state index contributed by atoms with van der Waals surface area (Å²) in [5, 5.41) is 4.97. The van der Waals surface area contributed by atoms with Gasteiger partial charge in [-0.2, -0.15) is 0 Å². The zero-order valence-corrected chi connectivity index (χ0v) is 16.3. The van der Waals surface area contributed by atoms with Crippen LogP contribution in [0.1, 0.15) is 11.1 Å². The monoisotopic (exact) mass is 401 g/mol. The molecular weight excluding hydrogens is 386 g/mol. The molecule has 0 radical (unpaired) electrons. The Bertz CT molecular complexity index is 1350. The van der Waals surface area contributed by atoms with E-state index in [9.17, 15) is 0 Å². The maximum absolute atomic E-state index is 6.41. The topological polar surface area (TPSA) is 92.3 Å². The standard InChI is InChI=1S/C21H16ClN7/c1-12-4-3-7-23-16(12)18-14(8-13-5-2-6-15(22)17(13)29-18)9-24-20-19-21(26-10-25-19)28-11-27-20/h2-8,10-11H,9H2,1H3,(H2,24,25,26,27,28). The highest BCUT2D eigenvalue weighted by Gasteiger charge is 2.15. The Balaban J connectivity index is 1.63. The minimum atomic E-state index is 0.506. The molecule has 142 valence electrons. The first-order valence-corrected chi connectivity index (χ1v) is 9.46. The van der Waals surface area contributed by atoms with Crippen molar-refractivity contribution >= 4 is 39.5 Å². The van der Waals surface area contributed by atoms with Gasteiger partial charge in [0, 0.05) is 18.1 Å². The fourth-order valence-corrected chi connectivity index (χ4v) is 3.58. The summed E-state index contributed by atoms with van der Waals surface area (Å²) in [5.41, 5.74) is 5.81. The van der Waals surface area contributed by atoms with Crippen LogP contribution in [-0.4, -0.2) is 29.9 Å². The minimum absolute atomic E-state index is 0.506. The van der Waals surface area contributed by atoms with Gasteiger partial charge in [0.05, 0.1) is 28.3 Å². The molecule has 0 aliphatic rings. The Kier molecular flexibility index (Phi) is 4.29. The molecule has 4 aromatic heterocycles. The lowest BCUT2D eigenvalue weighted by molar-refractivity contribution is 1.08. The molecule has 0 aliphatic heterocycles. The number of aromatic nitrogens is 6. The number of imidazole rings is 1. The molecule has 1 aromatic carbocycles. The Morgan fingerprint density at radius 1 is 1.03 bits per heavy atom. The van der Waals surface area contributed by atoms with Crippen LogP contribution < -0.4 is 5.32 Å². The van der Waals surface area contributed by atoms with E-state index in [0.29, 0.717) is 23.0 Å². The van der Waals surface area contributed by atoms with E-state index in [-0.39, 0.29) is 0 Å². The van der Waals surface area contributed by atoms with Crippen molar-refractivity contribution in [3.05, 3.63) is 71.4 Å². The maximum atomic E-state index is 6.41. The number of nitrogens with one attached hydrogen (secondary N) is 2. The molecule has 2 N–H and O–H groups in total. The number of para-hydroxylation sites is 1. The van der Waals surface area contributed by atoms with E-state index in [0.717, 1.165) is 38.9 Å². The number of anilines is 1. The van der Waals surface area contributed by atoms with Crippen molar-refractivity contribution in [3.8, 4) is 11.4 Å². The zero-order valence-electron chi connectivity index (χ0n) is 15.5. The summed E-state index contributed by atoms with van der Waals surface area (Å²) in [6.45, 7) is 2.53. The second-order valence-electron chi connectivity index (χ2n) is 6.65. The van der Waals surface area contributed by atoms with Gasteiger partial charge in [-0.05, 0) is 36.2 Å². The molecule has 4 heterocycles. The van der Waals surface area contributed by atoms with E-state index < -0.39 is 0 Å². The molecule has 0 aliphatic carbocycles. The Morgan fingerprint density at radius 3 is 2.86 bits per heavy atom. The van der Waals surface area contributed by atoms with Crippen LogP contribution in [0.25, 0.3) is 33.5 Å². The van der Waals surface area contributed by atoms with Crippen LogP contribution in [0.2, 0.25) is 5.02 Å². The van der Waals surface area contributed by atoms with Crippen molar-refractivity contribution < 1.29 is 0 Å². The molecule has 8 heteroatoms. The zero-order chi connectivity index (χ0) is 19.8. The average molecular weight is 402 g/mol. The molecule has 5 aromatic rings. The summed E-state index contributed by atoms with van der Waals surface area (Å²) in [7, 11) is 0. The number of aromatic amines is 1. The molecule has 0 fully saturated rings. The largest absolute Gasteiger partial charge is 0.364 e. The van der Waals surface area contributed by atoms with Crippen molar-refractivity contribution in [2.75, 3.05) is 5.32 Å². The Labute approximate surface area is 171 Å². The van der Waals surface area contributed by atoms with Gasteiger partial charge >= 0.3 is 0 Å². The predicted octanol–water partition coefficient (Wildman–Crippen LogP) is 4.54. The van der Waals surface area contributed by atoms with Gasteiger partial charge in [0.25, 0.3) is 0 Å². The van der Waals surface area contributed by atoms with E-state index in [2.05, 4.69) is 36.3 Å². The molecule has 0 atom stereocenters. The van der Waals surface area contributed by atoms with Gasteiger partial charge in [-0.1, -0.05) is 29.8 Å². The molecular formula is C21H16ClN7. The van der Waals surface area contributed by atoms with E-state index in [1.807, 2.05) is 37.3 Å². The van der Waals surface area contributed by atoms with Gasteiger partial charge < -0.3 is 10.3 Å². The minimum Gasteiger partial charge on any atom is -0.364 e. The number of aryl methyl sites for hydroxylation is 1. The first-order chi connectivity index (χ1) is 14.2. The van der Waals surface area contributed by atoms with E-state index >= 15 is 0 Å². The van der Waals surface area contributed by atoms with Gasteiger partial charge in [0.1, 0.15) is 11.8 Å². The van der Waals surface area contributed by atoms with Gasteiger partial charge in [0.2, 0.25) is 0 Å². The number of fused-ring (bicyclic) bond motifs is 2. The molecule has 0 amide bonds. The lowest BCUT2D eigenvalue weighted by Crippen LogP contribution is -2.06. The van der Waals surface area contributed by atoms with E-state index in [1.165, 1.54) is 6.33 Å². The third kappa shape index (κ3) is 3.15. The van der Waals surface area contributed by atoms with E-state index in [4.69, 9.17) is 16.6 Å². The normalized spacial score (nSPS) is 11.2. The van der Waals surface area contributed by atoms with Crippen molar-refractivity contribution in [3.63, 3.8) is 0 Å². The molecule has 0 saturated heterocycles. The first kappa shape index (κ1) is 17.5. The lowest BCUT2D eigenvalue weighted by atomic mass is 10.0. The predicted molar refractivity (Wildman–Crippen MR) is 114 cm³/mol. The number of H-pyrrole nitrogens is 1. The van der Waals surface area contributed by atoms with Gasteiger partial charge in [0.15, 0.2) is 11.5 Å². The number of hydrogen-bond acceptors (Lipinski definition) is 6. The van der Waals surface area contributed by atoms with Crippen LogP contribution in [0.3, 0.4) is 0 Å². The highest BCUT2D eigenvalue weighted by Crippen LogP contribution is 2.30. The summed E-state index contributed by atoms with van der Waals surface area (Å²) < 4.78 is 0. The van der Waals surface area contributed by atoms with Gasteiger partial charge in [-0.25, -0.2) is 19.9 Å². The van der Waals surface area contributed by atoms with Crippen LogP contribution >= 0.6 is 11.6 Å². The fourth-order valence-electron chi connectivity index (χ4n) is 3.36. The summed E-state index contributed by atoms with van der Waals surface area (Å²) in [4.78, 5) is 25.2. The number of hydrogen-bond donors (Lipinski definition) is 2. The second-order valence-corrected chi connectivity index (χ2v) is 7.06. The van der Waals surface area contributed by atoms with E-state index in [1.54, 1.807) is 12.5 Å². The van der Waals surface area contributed by atoms with Crippen molar-refractivity contribution in [2.24, 2.45) is 0 Å². The average Bonchev–Trinajstić information content (AvgIpc) is 3.22. The van der Waals surface area contributed by atoms with Crippen molar-refractivity contribution in [1.82, 2.24) is 29.9 Å². The molecule has 0 bridgehead atoms. The third-order valence-corrected chi connectivity index (χ3v) is 5.08. The van der Waals surface area contributed by atoms with Gasteiger partial charge in [-0.3, -0.25) is 4.98 Å².